The van der Waals surface area contributed by atoms with Gasteiger partial charge in [-0.2, -0.15) is 5.10 Å². The van der Waals surface area contributed by atoms with E-state index in [9.17, 15) is 9.59 Å². The summed E-state index contributed by atoms with van der Waals surface area (Å²) in [5, 5.41) is 15.5. The number of aromatic nitrogens is 5. The molecule has 31 heavy (non-hydrogen) atoms. The third-order valence-electron chi connectivity index (χ3n) is 6.21. The largest absolute Gasteiger partial charge is 0.373 e. The van der Waals surface area contributed by atoms with Crippen LogP contribution in [-0.4, -0.2) is 67.5 Å². The number of nitrogens with zero attached hydrogens (tertiary/aromatic N) is 6. The van der Waals surface area contributed by atoms with E-state index in [1.165, 1.54) is 0 Å². The van der Waals surface area contributed by atoms with Gasteiger partial charge in [-0.3, -0.25) is 14.3 Å². The third-order valence-corrected chi connectivity index (χ3v) is 6.21. The van der Waals surface area contributed by atoms with Crippen molar-refractivity contribution in [3.05, 3.63) is 29.6 Å². The van der Waals surface area contributed by atoms with E-state index in [-0.39, 0.29) is 17.2 Å². The second kappa shape index (κ2) is 8.78. The maximum Gasteiger partial charge on any atom is 0.289 e. The summed E-state index contributed by atoms with van der Waals surface area (Å²) in [5.41, 5.74) is 0.318. The molecule has 2 aromatic heterocycles. The average molecular weight is 430 g/mol. The van der Waals surface area contributed by atoms with Crippen LogP contribution in [0.25, 0.3) is 0 Å². The van der Waals surface area contributed by atoms with Gasteiger partial charge in [0, 0.05) is 44.8 Å². The van der Waals surface area contributed by atoms with Gasteiger partial charge in [0.2, 0.25) is 5.82 Å². The van der Waals surface area contributed by atoms with Gasteiger partial charge in [-0.1, -0.05) is 13.8 Å². The van der Waals surface area contributed by atoms with Crippen LogP contribution >= 0.6 is 0 Å². The Labute approximate surface area is 181 Å². The van der Waals surface area contributed by atoms with Crippen LogP contribution in [0.4, 0.5) is 0 Å². The fourth-order valence-electron chi connectivity index (χ4n) is 4.25. The van der Waals surface area contributed by atoms with Crippen molar-refractivity contribution >= 4 is 11.8 Å². The number of piperidine rings is 1. The van der Waals surface area contributed by atoms with Gasteiger partial charge in [-0.25, -0.2) is 0 Å². The molecule has 4 rings (SSSR count). The van der Waals surface area contributed by atoms with E-state index >= 15 is 0 Å². The van der Waals surface area contributed by atoms with Gasteiger partial charge in [0.1, 0.15) is 12.3 Å². The summed E-state index contributed by atoms with van der Waals surface area (Å²) in [6, 6.07) is 1.75. The Bertz CT molecular complexity index is 941. The summed E-state index contributed by atoms with van der Waals surface area (Å²) in [6.45, 7) is 7.67. The highest BCUT2D eigenvalue weighted by molar-refractivity contribution is 5.92. The molecule has 0 bridgehead atoms. The van der Waals surface area contributed by atoms with Gasteiger partial charge in [0.25, 0.3) is 11.8 Å². The number of aryl methyl sites for hydroxylation is 1. The standard InChI is InChI=1S/C21H31N7O3/c1-15(2)4-8-22-19(29)18-24-23-17-12-31-14-21(13-28(17)18)6-10-27(11-7-21)20(30)16-5-9-26(3)25-16/h5,9,15H,4,6-8,10-14H2,1-3H3,(H,22,29). The maximum atomic E-state index is 12.7. The average Bonchev–Trinajstić information content (AvgIpc) is 3.30. The maximum absolute atomic E-state index is 12.7. The number of nitrogens with one attached hydrogen (secondary N) is 1. The topological polar surface area (TPSA) is 107 Å². The van der Waals surface area contributed by atoms with E-state index in [2.05, 4.69) is 34.5 Å². The van der Waals surface area contributed by atoms with Crippen molar-refractivity contribution in [1.29, 1.82) is 0 Å². The molecule has 0 radical (unpaired) electrons. The Kier molecular flexibility index (Phi) is 6.08. The number of amides is 2. The molecule has 0 aliphatic carbocycles. The molecule has 1 fully saturated rings. The molecule has 0 unspecified atom stereocenters. The Balaban J connectivity index is 1.43. The van der Waals surface area contributed by atoms with Crippen LogP contribution in [-0.2, 0) is 24.9 Å². The molecule has 0 saturated carbocycles. The Morgan fingerprint density at radius 3 is 2.71 bits per heavy atom. The lowest BCUT2D eigenvalue weighted by atomic mass is 9.78. The molecular formula is C21H31N7O3. The highest BCUT2D eigenvalue weighted by atomic mass is 16.5. The van der Waals surface area contributed by atoms with E-state index in [1.807, 2.05) is 9.47 Å². The minimum absolute atomic E-state index is 0.0415. The second-order valence-electron chi connectivity index (χ2n) is 9.12. The van der Waals surface area contributed by atoms with Gasteiger partial charge in [-0.15, -0.1) is 10.2 Å². The summed E-state index contributed by atoms with van der Waals surface area (Å²) < 4.78 is 9.48. The zero-order valence-corrected chi connectivity index (χ0v) is 18.5. The minimum Gasteiger partial charge on any atom is -0.373 e. The van der Waals surface area contributed by atoms with E-state index < -0.39 is 0 Å². The predicted octanol–water partition coefficient (Wildman–Crippen LogP) is 1.24. The summed E-state index contributed by atoms with van der Waals surface area (Å²) in [6.07, 6.45) is 4.27. The summed E-state index contributed by atoms with van der Waals surface area (Å²) in [5.74, 6) is 1.30. The molecule has 10 heteroatoms. The number of fused-ring (bicyclic) bond motifs is 1. The predicted molar refractivity (Wildman–Crippen MR) is 112 cm³/mol. The molecule has 0 aromatic carbocycles. The molecule has 1 spiro atoms. The lowest BCUT2D eigenvalue weighted by Crippen LogP contribution is -2.46. The van der Waals surface area contributed by atoms with Gasteiger partial charge >= 0.3 is 0 Å². The number of hydrogen-bond donors (Lipinski definition) is 1. The van der Waals surface area contributed by atoms with Crippen LogP contribution in [0.1, 0.15) is 60.0 Å². The van der Waals surface area contributed by atoms with Crippen molar-refractivity contribution < 1.29 is 14.3 Å². The molecule has 1 saturated heterocycles. The molecule has 2 aromatic rings. The fraction of sp³-hybridized carbons (Fsp3) is 0.667. The fourth-order valence-corrected chi connectivity index (χ4v) is 4.25. The van der Waals surface area contributed by atoms with Gasteiger partial charge in [-0.05, 0) is 31.2 Å². The van der Waals surface area contributed by atoms with Gasteiger partial charge in [0.15, 0.2) is 5.82 Å². The molecule has 2 aliphatic rings. The van der Waals surface area contributed by atoms with Gasteiger partial charge < -0.3 is 19.5 Å². The van der Waals surface area contributed by atoms with Crippen LogP contribution in [0.5, 0.6) is 0 Å². The van der Waals surface area contributed by atoms with Crippen LogP contribution < -0.4 is 5.32 Å². The van der Waals surface area contributed by atoms with Crippen molar-refractivity contribution in [3.8, 4) is 0 Å². The molecule has 1 N–H and O–H groups in total. The van der Waals surface area contributed by atoms with Gasteiger partial charge in [0.05, 0.1) is 6.61 Å². The first kappa shape index (κ1) is 21.5. The number of hydrogen-bond acceptors (Lipinski definition) is 6. The number of rotatable bonds is 5. The number of ether oxygens (including phenoxy) is 1. The first-order valence-electron chi connectivity index (χ1n) is 10.9. The van der Waals surface area contributed by atoms with E-state index in [1.54, 1.807) is 24.0 Å². The monoisotopic (exact) mass is 429 g/mol. The van der Waals surface area contributed by atoms with Crippen LogP contribution in [0.15, 0.2) is 12.3 Å². The quantitative estimate of drug-likeness (QED) is 0.766. The Morgan fingerprint density at radius 1 is 1.26 bits per heavy atom. The number of carbonyl (C=O) groups excluding carboxylic acids is 2. The molecule has 4 heterocycles. The van der Waals surface area contributed by atoms with Crippen LogP contribution in [0.3, 0.4) is 0 Å². The van der Waals surface area contributed by atoms with Crippen LogP contribution in [0.2, 0.25) is 0 Å². The zero-order chi connectivity index (χ0) is 22.0. The highest BCUT2D eigenvalue weighted by Crippen LogP contribution is 2.36. The first-order valence-corrected chi connectivity index (χ1v) is 10.9. The molecule has 2 aliphatic heterocycles. The lowest BCUT2D eigenvalue weighted by molar-refractivity contribution is -0.00217. The van der Waals surface area contributed by atoms with Crippen molar-refractivity contribution in [1.82, 2.24) is 34.8 Å². The normalized spacial score (nSPS) is 18.1. The summed E-state index contributed by atoms with van der Waals surface area (Å²) in [7, 11) is 1.80. The Hall–Kier alpha value is -2.75. The van der Waals surface area contributed by atoms with Crippen molar-refractivity contribution in [2.24, 2.45) is 18.4 Å². The lowest BCUT2D eigenvalue weighted by Gasteiger charge is -2.40. The van der Waals surface area contributed by atoms with Crippen LogP contribution in [0, 0.1) is 11.3 Å². The zero-order valence-electron chi connectivity index (χ0n) is 18.5. The smallest absolute Gasteiger partial charge is 0.289 e. The first-order chi connectivity index (χ1) is 14.9. The molecule has 2 amide bonds. The SMILES string of the molecule is CC(C)CCNC(=O)c1nnc2n1CC1(CCN(C(=O)c3ccn(C)n3)CC1)COC2. The molecular weight excluding hydrogens is 398 g/mol. The van der Waals surface area contributed by atoms with Crippen molar-refractivity contribution in [2.45, 2.75) is 46.3 Å². The summed E-state index contributed by atoms with van der Waals surface area (Å²) >= 11 is 0. The van der Waals surface area contributed by atoms with Crippen molar-refractivity contribution in [3.63, 3.8) is 0 Å². The molecule has 10 nitrogen and oxygen atoms in total. The Morgan fingerprint density at radius 2 is 2.03 bits per heavy atom. The summed E-state index contributed by atoms with van der Waals surface area (Å²) in [4.78, 5) is 27.3. The highest BCUT2D eigenvalue weighted by Gasteiger charge is 2.40. The van der Waals surface area contributed by atoms with E-state index in [4.69, 9.17) is 4.74 Å². The van der Waals surface area contributed by atoms with E-state index in [0.717, 1.165) is 19.3 Å². The van der Waals surface area contributed by atoms with Crippen molar-refractivity contribution in [2.75, 3.05) is 26.2 Å². The number of carbonyl (C=O) groups is 2. The molecule has 0 atom stereocenters. The van der Waals surface area contributed by atoms with E-state index in [0.29, 0.717) is 62.7 Å². The second-order valence-corrected chi connectivity index (χ2v) is 9.12. The molecule has 168 valence electrons. The third kappa shape index (κ3) is 4.63. The minimum atomic E-state index is -0.195. The number of likely N-dealkylation sites (tertiary alicyclic amines) is 1.